The van der Waals surface area contributed by atoms with Crippen molar-refractivity contribution in [3.05, 3.63) is 0 Å². The average Bonchev–Trinajstić information content (AvgIpc) is 2.95. The van der Waals surface area contributed by atoms with Gasteiger partial charge in [-0.05, 0) is 6.42 Å². The summed E-state index contributed by atoms with van der Waals surface area (Å²) in [6.07, 6.45) is 16.3. The van der Waals surface area contributed by atoms with Crippen molar-refractivity contribution in [1.82, 2.24) is 4.90 Å². The van der Waals surface area contributed by atoms with Crippen LogP contribution in [0.5, 0.6) is 0 Å². The Balaban J connectivity index is 3.47. The molecule has 0 aromatic carbocycles. The molecule has 0 saturated heterocycles. The van der Waals surface area contributed by atoms with E-state index in [2.05, 4.69) is 11.8 Å². The van der Waals surface area contributed by atoms with Gasteiger partial charge < -0.3 is 38.6 Å². The summed E-state index contributed by atoms with van der Waals surface area (Å²) in [7, 11) is 0. The minimum absolute atomic E-state index is 0.0277. The third-order valence-electron chi connectivity index (χ3n) is 6.39. The van der Waals surface area contributed by atoms with Crippen molar-refractivity contribution in [3.63, 3.8) is 0 Å². The first-order chi connectivity index (χ1) is 19.3. The third kappa shape index (κ3) is 33.7. The summed E-state index contributed by atoms with van der Waals surface area (Å²) < 4.78 is 33.2. The molecule has 9 nitrogen and oxygen atoms in total. The van der Waals surface area contributed by atoms with Gasteiger partial charge in [0.1, 0.15) is 0 Å². The molecular formula is C30H63NO8. The maximum Gasteiger partial charge on any atom is 0.0701 e. The van der Waals surface area contributed by atoms with E-state index < -0.39 is 0 Å². The van der Waals surface area contributed by atoms with Crippen molar-refractivity contribution in [2.45, 2.75) is 84.0 Å². The molecule has 39 heavy (non-hydrogen) atoms. The maximum absolute atomic E-state index is 8.86. The second-order valence-corrected chi connectivity index (χ2v) is 9.85. The fourth-order valence-electron chi connectivity index (χ4n) is 4.06. The first kappa shape index (κ1) is 38.6. The third-order valence-corrected chi connectivity index (χ3v) is 6.39. The first-order valence-electron chi connectivity index (χ1n) is 15.8. The lowest BCUT2D eigenvalue weighted by atomic mass is 10.1. The molecule has 0 aliphatic rings. The number of aliphatic hydroxyl groups is 2. The average molecular weight is 566 g/mol. The molecule has 0 bridgehead atoms. The molecule has 0 saturated carbocycles. The Bertz CT molecular complexity index is 434. The number of rotatable bonds is 35. The minimum atomic E-state index is 0.0277. The Morgan fingerprint density at radius 2 is 0.667 bits per heavy atom. The summed E-state index contributed by atoms with van der Waals surface area (Å²) in [5.41, 5.74) is 0. The van der Waals surface area contributed by atoms with Gasteiger partial charge in [0.05, 0.1) is 85.9 Å². The summed E-state index contributed by atoms with van der Waals surface area (Å²) >= 11 is 0. The lowest BCUT2D eigenvalue weighted by Gasteiger charge is -2.22. The van der Waals surface area contributed by atoms with Gasteiger partial charge in [-0.2, -0.15) is 0 Å². The van der Waals surface area contributed by atoms with Crippen molar-refractivity contribution < 1.29 is 38.6 Å². The van der Waals surface area contributed by atoms with Crippen LogP contribution in [0.2, 0.25) is 0 Å². The molecule has 0 aliphatic carbocycles. The molecule has 0 heterocycles. The molecule has 0 aliphatic heterocycles. The van der Waals surface area contributed by atoms with Crippen LogP contribution in [0.25, 0.3) is 0 Å². The molecule has 0 spiro atoms. The summed E-state index contributed by atoms with van der Waals surface area (Å²) in [6.45, 7) is 11.3. The van der Waals surface area contributed by atoms with Crippen LogP contribution in [-0.2, 0) is 28.4 Å². The minimum Gasteiger partial charge on any atom is -0.394 e. The molecule has 0 radical (unpaired) electrons. The van der Waals surface area contributed by atoms with E-state index in [-0.39, 0.29) is 13.2 Å². The predicted molar refractivity (Wildman–Crippen MR) is 157 cm³/mol. The highest BCUT2D eigenvalue weighted by Crippen LogP contribution is 2.11. The molecule has 0 aromatic rings. The van der Waals surface area contributed by atoms with E-state index in [0.717, 1.165) is 32.7 Å². The fraction of sp³-hybridized carbons (Fsp3) is 1.00. The zero-order chi connectivity index (χ0) is 28.3. The number of hydrogen-bond donors (Lipinski definition) is 2. The number of aliphatic hydroxyl groups excluding tert-OH is 2. The molecule has 9 heteroatoms. The Morgan fingerprint density at radius 1 is 0.359 bits per heavy atom. The standard InChI is InChI=1S/C30H63NO8/c1-2-3-4-5-6-7-8-9-10-11-12-13-19-34-25-29-39-30-27-37-22-16-31(14-20-35-23-17-32)15-21-36-26-28-38-24-18-33/h32-33H,2-30H2,1H3. The van der Waals surface area contributed by atoms with E-state index in [1.807, 2.05) is 0 Å². The van der Waals surface area contributed by atoms with E-state index in [1.54, 1.807) is 0 Å². The van der Waals surface area contributed by atoms with Crippen LogP contribution in [0.15, 0.2) is 0 Å². The zero-order valence-electron chi connectivity index (χ0n) is 25.3. The van der Waals surface area contributed by atoms with Crippen molar-refractivity contribution in [2.24, 2.45) is 0 Å². The molecular weight excluding hydrogens is 502 g/mol. The van der Waals surface area contributed by atoms with Gasteiger partial charge in [0, 0.05) is 26.2 Å². The van der Waals surface area contributed by atoms with E-state index in [9.17, 15) is 0 Å². The van der Waals surface area contributed by atoms with Crippen LogP contribution >= 0.6 is 0 Å². The second-order valence-electron chi connectivity index (χ2n) is 9.85. The molecule has 0 aromatic heterocycles. The number of hydrogen-bond acceptors (Lipinski definition) is 9. The van der Waals surface area contributed by atoms with Crippen molar-refractivity contribution in [1.29, 1.82) is 0 Å². The Morgan fingerprint density at radius 3 is 1.08 bits per heavy atom. The van der Waals surface area contributed by atoms with E-state index >= 15 is 0 Å². The molecule has 0 rings (SSSR count). The summed E-state index contributed by atoms with van der Waals surface area (Å²) in [6, 6.07) is 0. The van der Waals surface area contributed by atoms with Gasteiger partial charge in [-0.3, -0.25) is 4.90 Å². The smallest absolute Gasteiger partial charge is 0.0701 e. The van der Waals surface area contributed by atoms with Crippen molar-refractivity contribution in [3.8, 4) is 0 Å². The monoisotopic (exact) mass is 565 g/mol. The van der Waals surface area contributed by atoms with Crippen LogP contribution in [0.3, 0.4) is 0 Å². The van der Waals surface area contributed by atoms with Crippen LogP contribution in [0.4, 0.5) is 0 Å². The van der Waals surface area contributed by atoms with Gasteiger partial charge in [-0.1, -0.05) is 77.6 Å². The van der Waals surface area contributed by atoms with Gasteiger partial charge in [0.25, 0.3) is 0 Å². The SMILES string of the molecule is CCCCCCCCCCCCCCOCCOCCOCCN(CCOCCO)CCOCCOCCO. The highest BCUT2D eigenvalue weighted by Gasteiger charge is 2.05. The van der Waals surface area contributed by atoms with Gasteiger partial charge in [0.2, 0.25) is 0 Å². The van der Waals surface area contributed by atoms with Gasteiger partial charge in [-0.15, -0.1) is 0 Å². The number of nitrogens with zero attached hydrogens (tertiary/aromatic N) is 1. The van der Waals surface area contributed by atoms with E-state index in [0.29, 0.717) is 72.7 Å². The van der Waals surface area contributed by atoms with Crippen molar-refractivity contribution in [2.75, 3.05) is 112 Å². The topological polar surface area (TPSA) is 99.1 Å². The van der Waals surface area contributed by atoms with Gasteiger partial charge >= 0.3 is 0 Å². The predicted octanol–water partition coefficient (Wildman–Crippen LogP) is 4.07. The molecule has 0 amide bonds. The highest BCUT2D eigenvalue weighted by molar-refractivity contribution is 4.57. The maximum atomic E-state index is 8.86. The first-order valence-corrected chi connectivity index (χ1v) is 15.8. The number of unbranched alkanes of at least 4 members (excludes halogenated alkanes) is 11. The zero-order valence-corrected chi connectivity index (χ0v) is 25.3. The molecule has 0 fully saturated rings. The van der Waals surface area contributed by atoms with E-state index in [4.69, 9.17) is 38.6 Å². The van der Waals surface area contributed by atoms with Crippen LogP contribution in [-0.4, -0.2) is 127 Å². The van der Waals surface area contributed by atoms with Gasteiger partial charge in [-0.25, -0.2) is 0 Å². The second kappa shape index (κ2) is 35.7. The van der Waals surface area contributed by atoms with E-state index in [1.165, 1.54) is 70.6 Å². The summed E-state index contributed by atoms with van der Waals surface area (Å²) in [4.78, 5) is 2.22. The van der Waals surface area contributed by atoms with Crippen LogP contribution < -0.4 is 0 Å². The van der Waals surface area contributed by atoms with Crippen LogP contribution in [0, 0.1) is 0 Å². The quantitative estimate of drug-likeness (QED) is 0.110. The van der Waals surface area contributed by atoms with Gasteiger partial charge in [0.15, 0.2) is 0 Å². The normalized spacial score (nSPS) is 11.7. The number of ether oxygens (including phenoxy) is 6. The highest BCUT2D eigenvalue weighted by atomic mass is 16.5. The summed E-state index contributed by atoms with van der Waals surface area (Å²) in [5.74, 6) is 0. The molecule has 0 atom stereocenters. The summed E-state index contributed by atoms with van der Waals surface area (Å²) in [5, 5.41) is 17.6. The Labute approximate surface area is 239 Å². The fourth-order valence-corrected chi connectivity index (χ4v) is 4.06. The Kier molecular flexibility index (Phi) is 35.3. The van der Waals surface area contributed by atoms with Crippen LogP contribution in [0.1, 0.15) is 84.0 Å². The Hall–Kier alpha value is -0.360. The van der Waals surface area contributed by atoms with Crippen molar-refractivity contribution >= 4 is 0 Å². The molecule has 2 N–H and O–H groups in total. The molecule has 0 unspecified atom stereocenters. The lowest BCUT2D eigenvalue weighted by molar-refractivity contribution is 0.00173. The largest absolute Gasteiger partial charge is 0.394 e. The molecule has 236 valence electrons. The lowest BCUT2D eigenvalue weighted by Crippen LogP contribution is -2.34.